The molecule has 12 heteroatoms. The van der Waals surface area contributed by atoms with Gasteiger partial charge in [0.15, 0.2) is 5.13 Å². The monoisotopic (exact) mass is 636 g/mol. The van der Waals surface area contributed by atoms with Gasteiger partial charge in [0.25, 0.3) is 0 Å². The summed E-state index contributed by atoms with van der Waals surface area (Å²) in [6.45, 7) is 8.96. The molecule has 46 heavy (non-hydrogen) atoms. The molecule has 3 aromatic heterocycles. The minimum absolute atomic E-state index is 0.143. The second-order valence-electron chi connectivity index (χ2n) is 12.2. The zero-order valence-electron chi connectivity index (χ0n) is 26.3. The second-order valence-corrected chi connectivity index (χ2v) is 13.2. The number of aryl methyl sites for hydroxylation is 1. The van der Waals surface area contributed by atoms with E-state index in [0.717, 1.165) is 58.3 Å². The molecule has 1 aliphatic rings. The number of para-hydroxylation sites is 1. The molecule has 1 aliphatic heterocycles. The topological polar surface area (TPSA) is 127 Å². The maximum atomic E-state index is 13.0. The molecule has 5 aromatic rings. The average Bonchev–Trinajstić information content (AvgIpc) is 3.63. The molecule has 2 N–H and O–H groups in total. The van der Waals surface area contributed by atoms with Gasteiger partial charge in [0, 0.05) is 30.6 Å². The van der Waals surface area contributed by atoms with Crippen molar-refractivity contribution in [1.29, 1.82) is 0 Å². The maximum Gasteiger partial charge on any atom is 0.324 e. The highest BCUT2D eigenvalue weighted by Crippen LogP contribution is 2.34. The van der Waals surface area contributed by atoms with Crippen LogP contribution < -0.4 is 20.3 Å². The number of urea groups is 1. The van der Waals surface area contributed by atoms with Gasteiger partial charge in [-0.3, -0.25) is 15.0 Å². The normalized spacial score (nSPS) is 13.7. The summed E-state index contributed by atoms with van der Waals surface area (Å²) in [5, 5.41) is 11.2. The van der Waals surface area contributed by atoms with Crippen LogP contribution in [0.3, 0.4) is 0 Å². The van der Waals surface area contributed by atoms with Gasteiger partial charge in [0.1, 0.15) is 11.6 Å². The number of rotatable bonds is 7. The molecule has 0 bridgehead atoms. The lowest BCUT2D eigenvalue weighted by molar-refractivity contribution is -0.118. The third kappa shape index (κ3) is 7.07. The summed E-state index contributed by atoms with van der Waals surface area (Å²) in [7, 11) is 0. The third-order valence-electron chi connectivity index (χ3n) is 7.59. The minimum Gasteiger partial charge on any atom is -0.424 e. The molecule has 0 atom stereocenters. The lowest BCUT2D eigenvalue weighted by Gasteiger charge is -2.16. The van der Waals surface area contributed by atoms with Crippen molar-refractivity contribution >= 4 is 39.9 Å². The Kier molecular flexibility index (Phi) is 8.80. The van der Waals surface area contributed by atoms with Gasteiger partial charge in [0.2, 0.25) is 5.91 Å². The van der Waals surface area contributed by atoms with Crippen LogP contribution in [0.4, 0.5) is 21.4 Å². The predicted molar refractivity (Wildman–Crippen MR) is 180 cm³/mol. The van der Waals surface area contributed by atoms with E-state index >= 15 is 0 Å². The Hall–Kier alpha value is -5.10. The van der Waals surface area contributed by atoms with Crippen molar-refractivity contribution in [2.45, 2.75) is 58.8 Å². The van der Waals surface area contributed by atoms with Crippen LogP contribution in [-0.4, -0.2) is 43.2 Å². The molecular formula is C34H36N8O3S. The number of carbonyl (C=O) groups is 2. The fourth-order valence-corrected chi connectivity index (χ4v) is 6.00. The van der Waals surface area contributed by atoms with E-state index in [9.17, 15) is 9.59 Å². The largest absolute Gasteiger partial charge is 0.424 e. The number of anilines is 3. The van der Waals surface area contributed by atoms with Gasteiger partial charge in [-0.2, -0.15) is 5.10 Å². The van der Waals surface area contributed by atoms with Crippen LogP contribution in [0.1, 0.15) is 57.7 Å². The molecule has 0 aliphatic carbocycles. The molecule has 11 nitrogen and oxygen atoms in total. The smallest absolute Gasteiger partial charge is 0.324 e. The van der Waals surface area contributed by atoms with Crippen molar-refractivity contribution in [3.8, 4) is 27.9 Å². The Labute approximate surface area is 271 Å². The van der Waals surface area contributed by atoms with Crippen LogP contribution in [0.15, 0.2) is 73.2 Å². The standard InChI is InChI=1S/C34H36N8O3S/c1-22-10-7-8-11-26(22)42-29(18-28(40-42)34(2,3)4)39-31(44)38-24-19-35-32(36-20-24)45-25-15-13-23(14-16-25)27-21-37-33(46-27)41-17-9-5-6-12-30(41)43/h7-8,10-11,13-16,18-21H,5-6,9,12,17H2,1-4H3,(H2,38,39,44). The number of amides is 3. The van der Waals surface area contributed by atoms with Crippen LogP contribution >= 0.6 is 11.3 Å². The molecule has 0 saturated carbocycles. The summed E-state index contributed by atoms with van der Waals surface area (Å²) in [5.41, 5.74) is 3.94. The molecule has 4 heterocycles. The summed E-state index contributed by atoms with van der Waals surface area (Å²) in [6.07, 6.45) is 8.36. The first kappa shape index (κ1) is 30.9. The van der Waals surface area contributed by atoms with E-state index in [1.165, 1.54) is 23.7 Å². The van der Waals surface area contributed by atoms with Gasteiger partial charge in [0.05, 0.1) is 34.3 Å². The molecular weight excluding hydrogens is 600 g/mol. The number of hydrogen-bond donors (Lipinski definition) is 2. The lowest BCUT2D eigenvalue weighted by Crippen LogP contribution is -2.29. The molecule has 1 fully saturated rings. The first-order chi connectivity index (χ1) is 22.1. The van der Waals surface area contributed by atoms with Crippen LogP contribution in [0.5, 0.6) is 11.8 Å². The molecule has 1 saturated heterocycles. The summed E-state index contributed by atoms with van der Waals surface area (Å²) in [5.74, 6) is 1.25. The zero-order valence-corrected chi connectivity index (χ0v) is 27.1. The van der Waals surface area contributed by atoms with Crippen LogP contribution in [0, 0.1) is 6.92 Å². The van der Waals surface area contributed by atoms with Crippen LogP contribution in [0.2, 0.25) is 0 Å². The van der Waals surface area contributed by atoms with Gasteiger partial charge >= 0.3 is 12.0 Å². The number of hydrogen-bond acceptors (Lipinski definition) is 8. The van der Waals surface area contributed by atoms with Gasteiger partial charge in [-0.25, -0.2) is 24.4 Å². The second kappa shape index (κ2) is 13.1. The van der Waals surface area contributed by atoms with Crippen molar-refractivity contribution in [3.05, 3.63) is 84.4 Å². The van der Waals surface area contributed by atoms with Crippen molar-refractivity contribution < 1.29 is 14.3 Å². The predicted octanol–water partition coefficient (Wildman–Crippen LogP) is 7.74. The number of carbonyl (C=O) groups excluding carboxylic acids is 2. The summed E-state index contributed by atoms with van der Waals surface area (Å²) >= 11 is 1.51. The molecule has 3 amide bonds. The quantitative estimate of drug-likeness (QED) is 0.187. The summed E-state index contributed by atoms with van der Waals surface area (Å²) in [4.78, 5) is 41.3. The van der Waals surface area contributed by atoms with E-state index < -0.39 is 6.03 Å². The Morgan fingerprint density at radius 2 is 1.70 bits per heavy atom. The van der Waals surface area contributed by atoms with Gasteiger partial charge in [-0.1, -0.05) is 56.7 Å². The Bertz CT molecular complexity index is 1840. The highest BCUT2D eigenvalue weighted by Gasteiger charge is 2.23. The Balaban J connectivity index is 1.08. The first-order valence-electron chi connectivity index (χ1n) is 15.3. The lowest BCUT2D eigenvalue weighted by atomic mass is 9.92. The van der Waals surface area contributed by atoms with Gasteiger partial charge in [-0.05, 0) is 61.2 Å². The van der Waals surface area contributed by atoms with Gasteiger partial charge < -0.3 is 10.1 Å². The number of nitrogens with zero attached hydrogens (tertiary/aromatic N) is 6. The summed E-state index contributed by atoms with van der Waals surface area (Å²) in [6, 6.07) is 17.0. The van der Waals surface area contributed by atoms with E-state index in [1.807, 2.05) is 66.4 Å². The molecule has 0 unspecified atom stereocenters. The highest BCUT2D eigenvalue weighted by atomic mass is 32.1. The summed E-state index contributed by atoms with van der Waals surface area (Å²) < 4.78 is 7.59. The van der Waals surface area contributed by atoms with Crippen molar-refractivity contribution in [2.75, 3.05) is 22.1 Å². The number of thiazole rings is 1. The van der Waals surface area contributed by atoms with Crippen molar-refractivity contribution in [1.82, 2.24) is 24.7 Å². The van der Waals surface area contributed by atoms with Crippen LogP contribution in [-0.2, 0) is 10.2 Å². The molecule has 2 aromatic carbocycles. The van der Waals surface area contributed by atoms with E-state index in [2.05, 4.69) is 46.4 Å². The SMILES string of the molecule is Cc1ccccc1-n1nc(C(C)(C)C)cc1NC(=O)Nc1cnc(Oc2ccc(-c3cnc(N4CCCCCC4=O)s3)cc2)nc1. The minimum atomic E-state index is -0.450. The van der Waals surface area contributed by atoms with E-state index in [1.54, 1.807) is 10.9 Å². The van der Waals surface area contributed by atoms with Crippen molar-refractivity contribution in [3.63, 3.8) is 0 Å². The molecule has 0 spiro atoms. The van der Waals surface area contributed by atoms with Gasteiger partial charge in [-0.15, -0.1) is 0 Å². The molecule has 0 radical (unpaired) electrons. The fraction of sp³-hybridized carbons (Fsp3) is 0.294. The molecule has 236 valence electrons. The third-order valence-corrected chi connectivity index (χ3v) is 8.66. The maximum absolute atomic E-state index is 13.0. The van der Waals surface area contributed by atoms with E-state index in [0.29, 0.717) is 23.7 Å². The number of benzene rings is 2. The Morgan fingerprint density at radius 1 is 0.935 bits per heavy atom. The first-order valence-corrected chi connectivity index (χ1v) is 16.1. The number of nitrogens with one attached hydrogen (secondary N) is 2. The zero-order chi connectivity index (χ0) is 32.3. The highest BCUT2D eigenvalue weighted by molar-refractivity contribution is 7.19. The number of ether oxygens (including phenoxy) is 1. The fourth-order valence-electron chi connectivity index (χ4n) is 5.03. The van der Waals surface area contributed by atoms with Crippen molar-refractivity contribution in [2.24, 2.45) is 0 Å². The number of aromatic nitrogens is 5. The average molecular weight is 637 g/mol. The van der Waals surface area contributed by atoms with E-state index in [4.69, 9.17) is 9.84 Å². The van der Waals surface area contributed by atoms with E-state index in [-0.39, 0.29) is 17.3 Å². The Morgan fingerprint density at radius 3 is 2.43 bits per heavy atom. The molecule has 6 rings (SSSR count). The van der Waals surface area contributed by atoms with Crippen LogP contribution in [0.25, 0.3) is 16.1 Å².